The maximum atomic E-state index is 11.8. The molecule has 1 N–H and O–H groups in total. The number of amides is 1. The van der Waals surface area contributed by atoms with Gasteiger partial charge in [0, 0.05) is 18.0 Å². The summed E-state index contributed by atoms with van der Waals surface area (Å²) >= 11 is 0. The summed E-state index contributed by atoms with van der Waals surface area (Å²) in [7, 11) is 0. The first-order valence-electron chi connectivity index (χ1n) is 7.45. The van der Waals surface area contributed by atoms with Crippen molar-refractivity contribution in [2.45, 2.75) is 46.6 Å². The number of nitrogens with zero attached hydrogens (tertiary/aromatic N) is 2. The van der Waals surface area contributed by atoms with Crippen molar-refractivity contribution in [3.63, 3.8) is 0 Å². The zero-order valence-corrected chi connectivity index (χ0v) is 13.5. The predicted octanol–water partition coefficient (Wildman–Crippen LogP) is 2.56. The van der Waals surface area contributed by atoms with Crippen LogP contribution < -0.4 is 0 Å². The number of hydrogen-bond acceptors (Lipinski definition) is 4. The zero-order valence-electron chi connectivity index (χ0n) is 13.5. The fourth-order valence-electron chi connectivity index (χ4n) is 4.05. The molecule has 0 aromatic heterocycles. The number of carboxylic acid groups (broad SMARTS) is 1. The molecule has 6 nitrogen and oxygen atoms in total. The molecule has 1 saturated heterocycles. The fourth-order valence-corrected chi connectivity index (χ4v) is 4.05. The number of esters is 1. The van der Waals surface area contributed by atoms with E-state index in [4.69, 9.17) is 4.74 Å². The molecule has 0 radical (unpaired) electrons. The normalized spacial score (nSPS) is 26.8. The Labute approximate surface area is 130 Å². The molecule has 1 aliphatic carbocycles. The second-order valence-electron chi connectivity index (χ2n) is 7.21. The van der Waals surface area contributed by atoms with Gasteiger partial charge in [-0.2, -0.15) is 5.26 Å². The summed E-state index contributed by atoms with van der Waals surface area (Å²) in [6.07, 6.45) is 0.287. The molecule has 1 amide bonds. The van der Waals surface area contributed by atoms with Gasteiger partial charge in [-0.1, -0.05) is 20.8 Å². The smallest absolute Gasteiger partial charge is 0.407 e. The molecule has 0 bridgehead atoms. The van der Waals surface area contributed by atoms with Gasteiger partial charge in [0.1, 0.15) is 11.6 Å². The summed E-state index contributed by atoms with van der Waals surface area (Å²) in [5.41, 5.74) is 0.564. The van der Waals surface area contributed by atoms with Crippen LogP contribution in [0.15, 0.2) is 11.1 Å². The number of allylic oxidation sites excluding steroid dienone is 1. The van der Waals surface area contributed by atoms with E-state index < -0.39 is 12.1 Å². The highest BCUT2D eigenvalue weighted by Gasteiger charge is 2.63. The monoisotopic (exact) mass is 306 g/mol. The average molecular weight is 306 g/mol. The summed E-state index contributed by atoms with van der Waals surface area (Å²) in [4.78, 5) is 24.6. The highest BCUT2D eigenvalue weighted by molar-refractivity contribution is 5.94. The van der Waals surface area contributed by atoms with E-state index in [0.29, 0.717) is 19.4 Å². The van der Waals surface area contributed by atoms with E-state index in [0.717, 1.165) is 5.57 Å². The lowest BCUT2D eigenvalue weighted by molar-refractivity contribution is -0.140. The number of likely N-dealkylation sites (tertiary alicyclic amines) is 1. The Bertz CT molecular complexity index is 572. The van der Waals surface area contributed by atoms with Crippen LogP contribution in [0.4, 0.5) is 4.79 Å². The van der Waals surface area contributed by atoms with Gasteiger partial charge in [-0.15, -0.1) is 0 Å². The number of nitriles is 1. The van der Waals surface area contributed by atoms with Gasteiger partial charge in [0.2, 0.25) is 0 Å². The van der Waals surface area contributed by atoms with E-state index in [1.807, 2.05) is 26.8 Å². The Kier molecular flexibility index (Phi) is 3.94. The fraction of sp³-hybridized carbons (Fsp3) is 0.688. The lowest BCUT2D eigenvalue weighted by atomic mass is 9.50. The Morgan fingerprint density at radius 2 is 2.05 bits per heavy atom. The molecule has 1 heterocycles. The van der Waals surface area contributed by atoms with E-state index in [1.54, 1.807) is 6.92 Å². The van der Waals surface area contributed by atoms with Gasteiger partial charge >= 0.3 is 12.1 Å². The molecular formula is C16H22N2O4. The van der Waals surface area contributed by atoms with Crippen molar-refractivity contribution >= 4 is 12.1 Å². The number of ether oxygens (including phenoxy) is 1. The van der Waals surface area contributed by atoms with Crippen molar-refractivity contribution in [3.05, 3.63) is 11.1 Å². The molecule has 2 fully saturated rings. The predicted molar refractivity (Wildman–Crippen MR) is 78.9 cm³/mol. The first-order chi connectivity index (χ1) is 10.2. The molecule has 120 valence electrons. The highest BCUT2D eigenvalue weighted by atomic mass is 16.5. The average Bonchev–Trinajstić information content (AvgIpc) is 2.28. The van der Waals surface area contributed by atoms with E-state index in [1.165, 1.54) is 4.90 Å². The Morgan fingerprint density at radius 3 is 2.45 bits per heavy atom. The second kappa shape index (κ2) is 5.31. The van der Waals surface area contributed by atoms with E-state index in [2.05, 4.69) is 0 Å². The highest BCUT2D eigenvalue weighted by Crippen LogP contribution is 2.60. The van der Waals surface area contributed by atoms with Crippen LogP contribution in [-0.2, 0) is 9.53 Å². The van der Waals surface area contributed by atoms with Gasteiger partial charge in [-0.3, -0.25) is 0 Å². The SMILES string of the molecule is CCOC(=O)C(C#N)=C1CC2(C1)CN(C(=O)O)C2C(C)(C)C. The van der Waals surface area contributed by atoms with E-state index >= 15 is 0 Å². The quantitative estimate of drug-likeness (QED) is 0.481. The van der Waals surface area contributed by atoms with Gasteiger partial charge in [0.25, 0.3) is 0 Å². The Hall–Kier alpha value is -2.03. The van der Waals surface area contributed by atoms with Gasteiger partial charge in [-0.25, -0.2) is 9.59 Å². The number of carbonyl (C=O) groups is 2. The first kappa shape index (κ1) is 16.3. The van der Waals surface area contributed by atoms with Crippen LogP contribution in [0.5, 0.6) is 0 Å². The van der Waals surface area contributed by atoms with Crippen LogP contribution in [0.2, 0.25) is 0 Å². The second-order valence-corrected chi connectivity index (χ2v) is 7.21. The van der Waals surface area contributed by atoms with Crippen LogP contribution in [0.25, 0.3) is 0 Å². The van der Waals surface area contributed by atoms with Crippen molar-refractivity contribution < 1.29 is 19.4 Å². The van der Waals surface area contributed by atoms with Crippen molar-refractivity contribution in [1.82, 2.24) is 4.90 Å². The van der Waals surface area contributed by atoms with Gasteiger partial charge in [0.15, 0.2) is 0 Å². The third-order valence-corrected chi connectivity index (χ3v) is 4.52. The zero-order chi connectivity index (χ0) is 16.7. The molecular weight excluding hydrogens is 284 g/mol. The topological polar surface area (TPSA) is 90.6 Å². The maximum Gasteiger partial charge on any atom is 0.407 e. The number of hydrogen-bond donors (Lipinski definition) is 1. The summed E-state index contributed by atoms with van der Waals surface area (Å²) in [6, 6.07) is 1.84. The third-order valence-electron chi connectivity index (χ3n) is 4.52. The first-order valence-corrected chi connectivity index (χ1v) is 7.45. The summed E-state index contributed by atoms with van der Waals surface area (Å²) in [5, 5.41) is 18.5. The minimum Gasteiger partial charge on any atom is -0.465 e. The van der Waals surface area contributed by atoms with Gasteiger partial charge in [-0.05, 0) is 30.8 Å². The molecule has 0 aromatic carbocycles. The molecule has 1 saturated carbocycles. The molecule has 1 spiro atoms. The minimum absolute atomic E-state index is 0.0916. The van der Waals surface area contributed by atoms with Gasteiger partial charge < -0.3 is 14.7 Å². The molecule has 1 aliphatic heterocycles. The van der Waals surface area contributed by atoms with Crippen molar-refractivity contribution in [2.24, 2.45) is 10.8 Å². The molecule has 2 rings (SSSR count). The van der Waals surface area contributed by atoms with Crippen LogP contribution in [-0.4, -0.2) is 41.3 Å². The van der Waals surface area contributed by atoms with Crippen molar-refractivity contribution in [2.75, 3.05) is 13.2 Å². The molecule has 6 heteroatoms. The number of rotatable bonds is 2. The third kappa shape index (κ3) is 2.45. The summed E-state index contributed by atoms with van der Waals surface area (Å²) in [5.74, 6) is -0.573. The summed E-state index contributed by atoms with van der Waals surface area (Å²) < 4.78 is 4.90. The molecule has 0 aromatic rings. The van der Waals surface area contributed by atoms with Crippen LogP contribution in [0.3, 0.4) is 0 Å². The van der Waals surface area contributed by atoms with Crippen molar-refractivity contribution in [3.8, 4) is 6.07 Å². The number of carbonyl (C=O) groups excluding carboxylic acids is 1. The van der Waals surface area contributed by atoms with E-state index in [9.17, 15) is 20.0 Å². The maximum absolute atomic E-state index is 11.8. The van der Waals surface area contributed by atoms with Crippen LogP contribution in [0, 0.1) is 22.2 Å². The van der Waals surface area contributed by atoms with E-state index in [-0.39, 0.29) is 29.1 Å². The Balaban J connectivity index is 2.20. The molecule has 1 atom stereocenters. The van der Waals surface area contributed by atoms with Crippen LogP contribution in [0.1, 0.15) is 40.5 Å². The molecule has 1 unspecified atom stereocenters. The lowest BCUT2D eigenvalue weighted by Gasteiger charge is -2.66. The standard InChI is InChI=1S/C16H22N2O4/c1-5-22-12(19)11(8-17)10-6-16(7-10)9-18(14(20)21)13(16)15(2,3)4/h13H,5-7,9H2,1-4H3,(H,20,21). The largest absolute Gasteiger partial charge is 0.465 e. The lowest BCUT2D eigenvalue weighted by Crippen LogP contribution is -2.73. The van der Waals surface area contributed by atoms with Crippen molar-refractivity contribution in [1.29, 1.82) is 5.26 Å². The van der Waals surface area contributed by atoms with Gasteiger partial charge in [0.05, 0.1) is 6.61 Å². The Morgan fingerprint density at radius 1 is 1.45 bits per heavy atom. The molecule has 2 aliphatic rings. The molecule has 22 heavy (non-hydrogen) atoms. The summed E-state index contributed by atoms with van der Waals surface area (Å²) in [6.45, 7) is 8.47. The van der Waals surface area contributed by atoms with Crippen LogP contribution >= 0.6 is 0 Å². The minimum atomic E-state index is -0.908.